The molecule has 0 aliphatic rings. The summed E-state index contributed by atoms with van der Waals surface area (Å²) in [5.41, 5.74) is 0. The molecule has 0 aromatic heterocycles. The van der Waals surface area contributed by atoms with Gasteiger partial charge in [-0.3, -0.25) is 13.6 Å². The molecule has 1 atom stereocenters. The molecule has 34 heavy (non-hydrogen) atoms. The average Bonchev–Trinajstić information content (AvgIpc) is 2.78. The second kappa shape index (κ2) is 24.9. The van der Waals surface area contributed by atoms with Crippen LogP contribution in [0.1, 0.15) is 130 Å². The van der Waals surface area contributed by atoms with Crippen LogP contribution >= 0.6 is 15.6 Å². The van der Waals surface area contributed by atoms with Gasteiger partial charge >= 0.3 is 15.6 Å². The SMILES string of the molecule is CCCCC(CC)COP(=O)(O)O.CCCCCCCCOP(=O)(O)OCCCCCCCC. The topological polar surface area (TPSA) is 123 Å². The largest absolute Gasteiger partial charge is 0.472 e. The van der Waals surface area contributed by atoms with Gasteiger partial charge in [0.25, 0.3) is 0 Å². The van der Waals surface area contributed by atoms with Crippen molar-refractivity contribution in [1.82, 2.24) is 0 Å². The smallest absolute Gasteiger partial charge is 0.303 e. The first-order valence-electron chi connectivity index (χ1n) is 13.4. The van der Waals surface area contributed by atoms with Crippen LogP contribution in [0.2, 0.25) is 0 Å². The third kappa shape index (κ3) is 30.3. The Kier molecular flexibility index (Phi) is 26.6. The van der Waals surface area contributed by atoms with Crippen LogP contribution in [0.25, 0.3) is 0 Å². The highest BCUT2D eigenvalue weighted by Crippen LogP contribution is 2.43. The van der Waals surface area contributed by atoms with Gasteiger partial charge in [0.15, 0.2) is 0 Å². The molecule has 0 aromatic rings. The fourth-order valence-corrected chi connectivity index (χ4v) is 4.46. The summed E-state index contributed by atoms with van der Waals surface area (Å²) >= 11 is 0. The van der Waals surface area contributed by atoms with E-state index in [0.29, 0.717) is 13.2 Å². The fraction of sp³-hybridized carbons (Fsp3) is 1.00. The standard InChI is InChI=1S/C16H35O4P.C8H19O4P/c1-3-5-7-9-11-13-15-19-21(17,18)20-16-14-12-10-8-6-4-2;1-3-5-6-8(4-2)7-12-13(9,10)11/h3-16H2,1-2H3,(H,17,18);8H,3-7H2,1-2H3,(H2,9,10,11). The van der Waals surface area contributed by atoms with Crippen molar-refractivity contribution in [2.45, 2.75) is 130 Å². The van der Waals surface area contributed by atoms with E-state index in [1.807, 2.05) is 6.92 Å². The molecule has 0 spiro atoms. The van der Waals surface area contributed by atoms with E-state index in [1.54, 1.807) is 0 Å². The van der Waals surface area contributed by atoms with Crippen molar-refractivity contribution in [1.29, 1.82) is 0 Å². The molecular weight excluding hydrogens is 478 g/mol. The highest BCUT2D eigenvalue weighted by atomic mass is 31.2. The molecule has 1 unspecified atom stereocenters. The lowest BCUT2D eigenvalue weighted by atomic mass is 10.0. The zero-order chi connectivity index (χ0) is 26.1. The first kappa shape index (κ1) is 36.4. The number of hydrogen-bond acceptors (Lipinski definition) is 5. The Bertz CT molecular complexity index is 491. The van der Waals surface area contributed by atoms with E-state index in [4.69, 9.17) is 18.8 Å². The van der Waals surface area contributed by atoms with Crippen LogP contribution < -0.4 is 0 Å². The molecule has 0 fully saturated rings. The maximum atomic E-state index is 11.6. The van der Waals surface area contributed by atoms with Gasteiger partial charge in [0.05, 0.1) is 19.8 Å². The molecule has 0 saturated carbocycles. The molecule has 0 radical (unpaired) electrons. The summed E-state index contributed by atoms with van der Waals surface area (Å²) in [7, 11) is -8.08. The van der Waals surface area contributed by atoms with Crippen molar-refractivity contribution in [3.63, 3.8) is 0 Å². The van der Waals surface area contributed by atoms with Crippen LogP contribution in [0.4, 0.5) is 0 Å². The van der Waals surface area contributed by atoms with E-state index < -0.39 is 15.6 Å². The highest BCUT2D eigenvalue weighted by molar-refractivity contribution is 7.47. The summed E-state index contributed by atoms with van der Waals surface area (Å²) in [6.45, 7) is 9.27. The van der Waals surface area contributed by atoms with Crippen molar-refractivity contribution in [2.24, 2.45) is 5.92 Å². The van der Waals surface area contributed by atoms with Crippen molar-refractivity contribution in [3.8, 4) is 0 Å². The number of hydrogen-bond donors (Lipinski definition) is 3. The normalized spacial score (nSPS) is 12.9. The maximum Gasteiger partial charge on any atom is 0.472 e. The molecule has 0 aliphatic heterocycles. The zero-order valence-electron chi connectivity index (χ0n) is 22.3. The fourth-order valence-electron chi connectivity index (χ4n) is 3.26. The summed E-state index contributed by atoms with van der Waals surface area (Å²) < 4.78 is 36.4. The highest BCUT2D eigenvalue weighted by Gasteiger charge is 2.20. The quantitative estimate of drug-likeness (QED) is 0.0890. The van der Waals surface area contributed by atoms with Crippen LogP contribution in [0, 0.1) is 5.92 Å². The van der Waals surface area contributed by atoms with Crippen molar-refractivity contribution in [2.75, 3.05) is 19.8 Å². The Hall–Kier alpha value is 0.220. The minimum Gasteiger partial charge on any atom is -0.303 e. The van der Waals surface area contributed by atoms with Crippen LogP contribution in [0.3, 0.4) is 0 Å². The maximum absolute atomic E-state index is 11.6. The molecule has 0 aromatic carbocycles. The molecule has 10 heteroatoms. The summed E-state index contributed by atoms with van der Waals surface area (Å²) in [4.78, 5) is 26.5. The molecule has 0 saturated heterocycles. The number of rotatable bonds is 23. The Morgan fingerprint density at radius 3 is 1.38 bits per heavy atom. The van der Waals surface area contributed by atoms with Crippen molar-refractivity contribution in [3.05, 3.63) is 0 Å². The van der Waals surface area contributed by atoms with Gasteiger partial charge in [-0.15, -0.1) is 0 Å². The lowest BCUT2D eigenvalue weighted by Crippen LogP contribution is -2.07. The molecule has 0 aliphatic carbocycles. The predicted octanol–water partition coefficient (Wildman–Crippen LogP) is 8.15. The zero-order valence-corrected chi connectivity index (χ0v) is 24.1. The van der Waals surface area contributed by atoms with Gasteiger partial charge < -0.3 is 14.7 Å². The third-order valence-corrected chi connectivity index (χ3v) is 7.03. The number of phosphoric ester groups is 2. The average molecular weight is 533 g/mol. The minimum absolute atomic E-state index is 0.167. The molecule has 0 heterocycles. The van der Waals surface area contributed by atoms with Gasteiger partial charge in [-0.25, -0.2) is 9.13 Å². The van der Waals surface area contributed by atoms with E-state index in [2.05, 4.69) is 25.3 Å². The Labute approximate surface area is 209 Å². The van der Waals surface area contributed by atoms with Gasteiger partial charge in [0.1, 0.15) is 0 Å². The monoisotopic (exact) mass is 532 g/mol. The summed E-state index contributed by atoms with van der Waals surface area (Å²) in [6, 6.07) is 0. The van der Waals surface area contributed by atoms with E-state index in [1.165, 1.54) is 51.4 Å². The van der Waals surface area contributed by atoms with Gasteiger partial charge in [-0.1, -0.05) is 111 Å². The lowest BCUT2D eigenvalue weighted by Gasteiger charge is -2.14. The minimum atomic E-state index is -4.26. The number of phosphoric acid groups is 2. The first-order chi connectivity index (χ1) is 16.1. The van der Waals surface area contributed by atoms with E-state index in [9.17, 15) is 14.0 Å². The van der Waals surface area contributed by atoms with Gasteiger partial charge in [0, 0.05) is 0 Å². The van der Waals surface area contributed by atoms with Gasteiger partial charge in [-0.2, -0.15) is 0 Å². The Balaban J connectivity index is 0. The summed E-state index contributed by atoms with van der Waals surface area (Å²) in [5.74, 6) is 0.271. The molecular formula is C24H54O8P2. The molecule has 3 N–H and O–H groups in total. The van der Waals surface area contributed by atoms with E-state index in [-0.39, 0.29) is 12.5 Å². The molecule has 208 valence electrons. The van der Waals surface area contributed by atoms with Crippen LogP contribution in [0.15, 0.2) is 0 Å². The first-order valence-corrected chi connectivity index (χ1v) is 16.5. The Morgan fingerprint density at radius 2 is 1.00 bits per heavy atom. The third-order valence-electron chi connectivity index (χ3n) is 5.53. The van der Waals surface area contributed by atoms with Crippen LogP contribution in [-0.2, 0) is 22.7 Å². The second-order valence-corrected chi connectivity index (χ2v) is 11.6. The number of unbranched alkanes of at least 4 members (excludes halogenated alkanes) is 11. The summed E-state index contributed by atoms with van der Waals surface area (Å²) in [6.07, 6.45) is 17.6. The van der Waals surface area contributed by atoms with Crippen molar-refractivity contribution < 1.29 is 37.4 Å². The van der Waals surface area contributed by atoms with Crippen molar-refractivity contribution >= 4 is 15.6 Å². The molecule has 0 bridgehead atoms. The Morgan fingerprint density at radius 1 is 0.588 bits per heavy atom. The second-order valence-electron chi connectivity index (χ2n) is 8.87. The van der Waals surface area contributed by atoms with E-state index >= 15 is 0 Å². The van der Waals surface area contributed by atoms with Gasteiger partial charge in [-0.05, 0) is 25.2 Å². The predicted molar refractivity (Wildman–Crippen MR) is 140 cm³/mol. The summed E-state index contributed by atoms with van der Waals surface area (Å²) in [5, 5.41) is 0. The van der Waals surface area contributed by atoms with Gasteiger partial charge in [0.2, 0.25) is 0 Å². The molecule has 8 nitrogen and oxygen atoms in total. The molecule has 0 amide bonds. The van der Waals surface area contributed by atoms with Crippen LogP contribution in [0.5, 0.6) is 0 Å². The molecule has 0 rings (SSSR count). The van der Waals surface area contributed by atoms with Crippen LogP contribution in [-0.4, -0.2) is 34.5 Å². The lowest BCUT2D eigenvalue weighted by molar-refractivity contribution is 0.145. The van der Waals surface area contributed by atoms with E-state index in [0.717, 1.165) is 51.4 Å².